The standard InChI is InChI=1S/C18H17N5O2/c1-22(2)13-3-4-14-12(7-13)10-23(17(14)16-9-20-11-25-16)18(24)15-8-19-5-6-21-15/h3-9,11,17H,10H2,1-2H3. The summed E-state index contributed by atoms with van der Waals surface area (Å²) in [5.74, 6) is 0.450. The first-order valence-electron chi connectivity index (χ1n) is 7.90. The lowest BCUT2D eigenvalue weighted by atomic mass is 10.0. The summed E-state index contributed by atoms with van der Waals surface area (Å²) in [6.07, 6.45) is 7.58. The van der Waals surface area contributed by atoms with E-state index in [1.54, 1.807) is 17.3 Å². The molecule has 1 aliphatic rings. The molecule has 126 valence electrons. The molecule has 2 aromatic heterocycles. The molecule has 1 unspecified atom stereocenters. The molecule has 0 saturated carbocycles. The first-order chi connectivity index (χ1) is 12.1. The second-order valence-electron chi connectivity index (χ2n) is 6.11. The molecule has 1 aromatic carbocycles. The van der Waals surface area contributed by atoms with Crippen molar-refractivity contribution in [2.24, 2.45) is 0 Å². The van der Waals surface area contributed by atoms with E-state index in [0.717, 1.165) is 16.8 Å². The van der Waals surface area contributed by atoms with E-state index in [2.05, 4.69) is 21.0 Å². The number of aromatic nitrogens is 3. The van der Waals surface area contributed by atoms with Crippen molar-refractivity contribution in [3.63, 3.8) is 0 Å². The van der Waals surface area contributed by atoms with Crippen molar-refractivity contribution >= 4 is 11.6 Å². The average molecular weight is 335 g/mol. The van der Waals surface area contributed by atoms with Crippen LogP contribution >= 0.6 is 0 Å². The minimum absolute atomic E-state index is 0.183. The fraction of sp³-hybridized carbons (Fsp3) is 0.222. The van der Waals surface area contributed by atoms with Gasteiger partial charge in [0.05, 0.1) is 12.4 Å². The van der Waals surface area contributed by atoms with E-state index < -0.39 is 0 Å². The summed E-state index contributed by atoms with van der Waals surface area (Å²) >= 11 is 0. The van der Waals surface area contributed by atoms with Gasteiger partial charge in [-0.1, -0.05) is 6.07 Å². The third kappa shape index (κ3) is 2.63. The van der Waals surface area contributed by atoms with Crippen molar-refractivity contribution in [3.05, 3.63) is 72.0 Å². The Morgan fingerprint density at radius 1 is 1.24 bits per heavy atom. The number of amides is 1. The van der Waals surface area contributed by atoms with Gasteiger partial charge in [-0.15, -0.1) is 0 Å². The van der Waals surface area contributed by atoms with Crippen LogP contribution in [0.3, 0.4) is 0 Å². The van der Waals surface area contributed by atoms with E-state index in [-0.39, 0.29) is 11.9 Å². The molecular weight excluding hydrogens is 318 g/mol. The van der Waals surface area contributed by atoms with Crippen LogP contribution < -0.4 is 4.90 Å². The summed E-state index contributed by atoms with van der Waals surface area (Å²) in [5, 5.41) is 0. The van der Waals surface area contributed by atoms with Gasteiger partial charge in [-0.2, -0.15) is 0 Å². The first kappa shape index (κ1) is 15.3. The number of fused-ring (bicyclic) bond motifs is 1. The van der Waals surface area contributed by atoms with E-state index in [1.807, 2.05) is 31.1 Å². The van der Waals surface area contributed by atoms with E-state index >= 15 is 0 Å². The van der Waals surface area contributed by atoms with Gasteiger partial charge in [-0.3, -0.25) is 9.78 Å². The number of rotatable bonds is 3. The number of carbonyl (C=O) groups is 1. The van der Waals surface area contributed by atoms with Crippen LogP contribution in [0, 0.1) is 0 Å². The molecule has 1 amide bonds. The maximum Gasteiger partial charge on any atom is 0.275 e. The van der Waals surface area contributed by atoms with Gasteiger partial charge in [0.15, 0.2) is 12.2 Å². The van der Waals surface area contributed by atoms with Gasteiger partial charge in [-0.25, -0.2) is 9.97 Å². The van der Waals surface area contributed by atoms with Gasteiger partial charge < -0.3 is 14.2 Å². The summed E-state index contributed by atoms with van der Waals surface area (Å²) in [6, 6.07) is 5.87. The molecule has 1 atom stereocenters. The normalized spacial score (nSPS) is 15.9. The predicted molar refractivity (Wildman–Crippen MR) is 91.0 cm³/mol. The highest BCUT2D eigenvalue weighted by Gasteiger charge is 2.37. The molecule has 0 N–H and O–H groups in total. The second-order valence-corrected chi connectivity index (χ2v) is 6.11. The van der Waals surface area contributed by atoms with E-state index in [1.165, 1.54) is 18.8 Å². The first-order valence-corrected chi connectivity index (χ1v) is 7.90. The molecule has 1 aliphatic heterocycles. The van der Waals surface area contributed by atoms with Crippen LogP contribution in [0.5, 0.6) is 0 Å². The Bertz CT molecular complexity index is 893. The fourth-order valence-electron chi connectivity index (χ4n) is 3.13. The molecule has 3 aromatic rings. The lowest BCUT2D eigenvalue weighted by molar-refractivity contribution is 0.0697. The minimum Gasteiger partial charge on any atom is -0.446 e. The van der Waals surface area contributed by atoms with Crippen LogP contribution in [0.1, 0.15) is 33.4 Å². The van der Waals surface area contributed by atoms with Crippen LogP contribution in [0.25, 0.3) is 0 Å². The van der Waals surface area contributed by atoms with Gasteiger partial charge in [0, 0.05) is 38.7 Å². The lowest BCUT2D eigenvalue weighted by Crippen LogP contribution is -2.30. The molecule has 4 rings (SSSR count). The van der Waals surface area contributed by atoms with Gasteiger partial charge in [-0.05, 0) is 23.3 Å². The smallest absolute Gasteiger partial charge is 0.275 e. The zero-order chi connectivity index (χ0) is 17.4. The van der Waals surface area contributed by atoms with Gasteiger partial charge in [0.2, 0.25) is 0 Å². The molecule has 0 radical (unpaired) electrons. The minimum atomic E-state index is -0.316. The maximum absolute atomic E-state index is 13.0. The highest BCUT2D eigenvalue weighted by Crippen LogP contribution is 2.40. The largest absolute Gasteiger partial charge is 0.446 e. The molecule has 25 heavy (non-hydrogen) atoms. The average Bonchev–Trinajstić information content (AvgIpc) is 3.28. The topological polar surface area (TPSA) is 75.4 Å². The fourth-order valence-corrected chi connectivity index (χ4v) is 3.13. The van der Waals surface area contributed by atoms with Crippen molar-refractivity contribution in [2.45, 2.75) is 12.6 Å². The van der Waals surface area contributed by atoms with Crippen molar-refractivity contribution in [2.75, 3.05) is 19.0 Å². The Morgan fingerprint density at radius 3 is 2.80 bits per heavy atom. The SMILES string of the molecule is CN(C)c1ccc2c(c1)CN(C(=O)c1cnccn1)C2c1cnco1. The van der Waals surface area contributed by atoms with Crippen molar-refractivity contribution < 1.29 is 9.21 Å². The number of carbonyl (C=O) groups excluding carboxylic acids is 1. The Morgan fingerprint density at radius 2 is 2.12 bits per heavy atom. The molecule has 0 bridgehead atoms. The molecule has 0 spiro atoms. The molecule has 3 heterocycles. The van der Waals surface area contributed by atoms with Crippen LogP contribution in [0.2, 0.25) is 0 Å². The number of benzene rings is 1. The zero-order valence-electron chi connectivity index (χ0n) is 14.0. The zero-order valence-corrected chi connectivity index (χ0v) is 14.0. The number of oxazole rings is 1. The predicted octanol–water partition coefficient (Wildman–Crippen LogP) is 2.28. The molecular formula is C18H17N5O2. The van der Waals surface area contributed by atoms with Crippen LogP contribution in [-0.4, -0.2) is 39.9 Å². The van der Waals surface area contributed by atoms with Gasteiger partial charge >= 0.3 is 0 Å². The molecule has 7 heteroatoms. The maximum atomic E-state index is 13.0. The third-order valence-electron chi connectivity index (χ3n) is 4.35. The van der Waals surface area contributed by atoms with Crippen molar-refractivity contribution in [1.82, 2.24) is 19.9 Å². The highest BCUT2D eigenvalue weighted by atomic mass is 16.3. The van der Waals surface area contributed by atoms with Crippen molar-refractivity contribution in [1.29, 1.82) is 0 Å². The summed E-state index contributed by atoms with van der Waals surface area (Å²) in [6.45, 7) is 0.484. The lowest BCUT2D eigenvalue weighted by Gasteiger charge is -2.22. The van der Waals surface area contributed by atoms with Crippen molar-refractivity contribution in [3.8, 4) is 0 Å². The Labute approximate surface area is 144 Å². The number of hydrogen-bond acceptors (Lipinski definition) is 6. The van der Waals surface area contributed by atoms with E-state index in [9.17, 15) is 4.79 Å². The van der Waals surface area contributed by atoms with Gasteiger partial charge in [0.25, 0.3) is 5.91 Å². The Kier molecular flexibility index (Phi) is 3.68. The number of nitrogens with zero attached hydrogens (tertiary/aromatic N) is 5. The number of hydrogen-bond donors (Lipinski definition) is 0. The quantitative estimate of drug-likeness (QED) is 0.731. The summed E-state index contributed by atoms with van der Waals surface area (Å²) in [7, 11) is 3.99. The molecule has 0 saturated heterocycles. The molecule has 0 fully saturated rings. The second kappa shape index (κ2) is 6.01. The molecule has 7 nitrogen and oxygen atoms in total. The van der Waals surface area contributed by atoms with Gasteiger partial charge in [0.1, 0.15) is 11.7 Å². The summed E-state index contributed by atoms with van der Waals surface area (Å²) in [4.78, 5) is 28.9. The van der Waals surface area contributed by atoms with E-state index in [4.69, 9.17) is 4.42 Å². The molecule has 0 aliphatic carbocycles. The highest BCUT2D eigenvalue weighted by molar-refractivity contribution is 5.93. The van der Waals surface area contributed by atoms with E-state index in [0.29, 0.717) is 18.0 Å². The summed E-state index contributed by atoms with van der Waals surface area (Å²) < 4.78 is 5.52. The van der Waals surface area contributed by atoms with Crippen LogP contribution in [-0.2, 0) is 6.54 Å². The number of anilines is 1. The monoisotopic (exact) mass is 335 g/mol. The van der Waals surface area contributed by atoms with Crippen LogP contribution in [0.4, 0.5) is 5.69 Å². The summed E-state index contributed by atoms with van der Waals surface area (Å²) in [5.41, 5.74) is 3.53. The Balaban J connectivity index is 1.78. The van der Waals surface area contributed by atoms with Crippen LogP contribution in [0.15, 0.2) is 53.8 Å². The third-order valence-corrected chi connectivity index (χ3v) is 4.35. The Hall–Kier alpha value is -3.22.